The Kier molecular flexibility index (Phi) is 3.50. The minimum absolute atomic E-state index is 0.800. The molecule has 0 atom stereocenters. The molecule has 0 aliphatic heterocycles. The van der Waals surface area contributed by atoms with Gasteiger partial charge in [-0.25, -0.2) is 9.97 Å². The SMILES string of the molecule is COc1ccc2c(NCCn3ccnc3)nccc2c1. The molecular formula is C15H16N4O. The number of nitrogens with one attached hydrogen (secondary N) is 1. The van der Waals surface area contributed by atoms with E-state index in [1.54, 1.807) is 19.5 Å². The molecule has 2 heterocycles. The molecule has 1 N–H and O–H groups in total. The van der Waals surface area contributed by atoms with E-state index in [1.807, 2.05) is 41.4 Å². The van der Waals surface area contributed by atoms with Crippen molar-refractivity contribution < 1.29 is 4.74 Å². The number of hydrogen-bond donors (Lipinski definition) is 1. The number of benzene rings is 1. The zero-order valence-electron chi connectivity index (χ0n) is 11.3. The zero-order chi connectivity index (χ0) is 13.8. The van der Waals surface area contributed by atoms with E-state index < -0.39 is 0 Å². The number of hydrogen-bond acceptors (Lipinski definition) is 4. The number of rotatable bonds is 5. The molecule has 0 amide bonds. The van der Waals surface area contributed by atoms with E-state index in [2.05, 4.69) is 15.3 Å². The number of methoxy groups -OCH3 is 1. The van der Waals surface area contributed by atoms with Crippen molar-refractivity contribution in [1.29, 1.82) is 0 Å². The average Bonchev–Trinajstić information content (AvgIpc) is 3.00. The minimum Gasteiger partial charge on any atom is -0.497 e. The fourth-order valence-electron chi connectivity index (χ4n) is 2.15. The molecule has 102 valence electrons. The van der Waals surface area contributed by atoms with Crippen LogP contribution in [0.3, 0.4) is 0 Å². The van der Waals surface area contributed by atoms with Gasteiger partial charge in [0.2, 0.25) is 0 Å². The Hall–Kier alpha value is -2.56. The summed E-state index contributed by atoms with van der Waals surface area (Å²) in [6, 6.07) is 7.97. The van der Waals surface area contributed by atoms with Crippen LogP contribution < -0.4 is 10.1 Å². The van der Waals surface area contributed by atoms with Crippen LogP contribution in [0.25, 0.3) is 10.8 Å². The Labute approximate surface area is 117 Å². The second-order valence-electron chi connectivity index (χ2n) is 4.47. The summed E-state index contributed by atoms with van der Waals surface area (Å²) < 4.78 is 7.27. The van der Waals surface area contributed by atoms with Crippen LogP contribution in [-0.2, 0) is 6.54 Å². The van der Waals surface area contributed by atoms with Crippen LogP contribution in [0.2, 0.25) is 0 Å². The van der Waals surface area contributed by atoms with Crippen LogP contribution in [-0.4, -0.2) is 28.2 Å². The Morgan fingerprint density at radius 3 is 3.00 bits per heavy atom. The molecule has 0 fully saturated rings. The Morgan fingerprint density at radius 1 is 1.25 bits per heavy atom. The van der Waals surface area contributed by atoms with Gasteiger partial charge in [0.05, 0.1) is 13.4 Å². The Bertz CT molecular complexity index is 694. The summed E-state index contributed by atoms with van der Waals surface area (Å²) in [5, 5.41) is 5.57. The fourth-order valence-corrected chi connectivity index (χ4v) is 2.15. The maximum absolute atomic E-state index is 5.24. The van der Waals surface area contributed by atoms with E-state index >= 15 is 0 Å². The molecular weight excluding hydrogens is 252 g/mol. The number of anilines is 1. The molecule has 0 aliphatic rings. The monoisotopic (exact) mass is 268 g/mol. The first kappa shape index (κ1) is 12.5. The second-order valence-corrected chi connectivity index (χ2v) is 4.47. The van der Waals surface area contributed by atoms with Crippen LogP contribution in [0.5, 0.6) is 5.75 Å². The number of nitrogens with zero attached hydrogens (tertiary/aromatic N) is 3. The van der Waals surface area contributed by atoms with E-state index in [4.69, 9.17) is 4.74 Å². The van der Waals surface area contributed by atoms with Gasteiger partial charge in [0.15, 0.2) is 0 Å². The smallest absolute Gasteiger partial charge is 0.133 e. The lowest BCUT2D eigenvalue weighted by Gasteiger charge is -2.10. The van der Waals surface area contributed by atoms with Gasteiger partial charge in [-0.1, -0.05) is 0 Å². The van der Waals surface area contributed by atoms with E-state index in [-0.39, 0.29) is 0 Å². The van der Waals surface area contributed by atoms with Gasteiger partial charge in [-0.05, 0) is 29.7 Å². The van der Waals surface area contributed by atoms with Crippen molar-refractivity contribution in [2.45, 2.75) is 6.54 Å². The first-order valence-corrected chi connectivity index (χ1v) is 6.49. The van der Waals surface area contributed by atoms with Crippen molar-refractivity contribution >= 4 is 16.6 Å². The molecule has 5 nitrogen and oxygen atoms in total. The van der Waals surface area contributed by atoms with Gasteiger partial charge >= 0.3 is 0 Å². The zero-order valence-corrected chi connectivity index (χ0v) is 11.3. The topological polar surface area (TPSA) is 52.0 Å². The van der Waals surface area contributed by atoms with Crippen molar-refractivity contribution in [2.24, 2.45) is 0 Å². The Balaban J connectivity index is 1.77. The number of pyridine rings is 1. The molecule has 2 aromatic heterocycles. The van der Waals surface area contributed by atoms with Crippen molar-refractivity contribution in [3.8, 4) is 5.75 Å². The maximum atomic E-state index is 5.24. The third kappa shape index (κ3) is 2.56. The lowest BCUT2D eigenvalue weighted by Crippen LogP contribution is -2.10. The predicted octanol–water partition coefficient (Wildman–Crippen LogP) is 2.55. The Morgan fingerprint density at radius 2 is 2.20 bits per heavy atom. The van der Waals surface area contributed by atoms with Gasteiger partial charge in [0.1, 0.15) is 11.6 Å². The summed E-state index contributed by atoms with van der Waals surface area (Å²) in [5.74, 6) is 1.75. The molecule has 3 rings (SSSR count). The summed E-state index contributed by atoms with van der Waals surface area (Å²) in [4.78, 5) is 8.43. The highest BCUT2D eigenvalue weighted by atomic mass is 16.5. The highest BCUT2D eigenvalue weighted by Crippen LogP contribution is 2.25. The van der Waals surface area contributed by atoms with Crippen LogP contribution in [0.15, 0.2) is 49.2 Å². The van der Waals surface area contributed by atoms with E-state index in [0.717, 1.165) is 35.4 Å². The third-order valence-electron chi connectivity index (χ3n) is 3.19. The summed E-state index contributed by atoms with van der Waals surface area (Å²) >= 11 is 0. The standard InChI is InChI=1S/C15H16N4O/c1-20-13-2-3-14-12(10-13)4-5-17-15(14)18-7-9-19-8-6-16-11-19/h2-6,8,10-11H,7,9H2,1H3,(H,17,18). The van der Waals surface area contributed by atoms with Crippen LogP contribution in [0.4, 0.5) is 5.82 Å². The molecule has 3 aromatic rings. The minimum atomic E-state index is 0.800. The van der Waals surface area contributed by atoms with Crippen LogP contribution >= 0.6 is 0 Å². The lowest BCUT2D eigenvalue weighted by molar-refractivity contribution is 0.415. The van der Waals surface area contributed by atoms with Gasteiger partial charge in [-0.15, -0.1) is 0 Å². The molecule has 5 heteroatoms. The van der Waals surface area contributed by atoms with Crippen molar-refractivity contribution in [3.63, 3.8) is 0 Å². The third-order valence-corrected chi connectivity index (χ3v) is 3.19. The lowest BCUT2D eigenvalue weighted by atomic mass is 10.1. The molecule has 0 spiro atoms. The molecule has 0 aliphatic carbocycles. The molecule has 0 saturated carbocycles. The normalized spacial score (nSPS) is 10.7. The highest BCUT2D eigenvalue weighted by Gasteiger charge is 2.03. The number of imidazole rings is 1. The van der Waals surface area contributed by atoms with E-state index in [9.17, 15) is 0 Å². The molecule has 1 aromatic carbocycles. The summed E-state index contributed by atoms with van der Waals surface area (Å²) in [6.07, 6.45) is 7.34. The van der Waals surface area contributed by atoms with Gasteiger partial charge in [-0.3, -0.25) is 0 Å². The van der Waals surface area contributed by atoms with Gasteiger partial charge < -0.3 is 14.6 Å². The van der Waals surface area contributed by atoms with Gasteiger partial charge in [-0.2, -0.15) is 0 Å². The van der Waals surface area contributed by atoms with E-state index in [1.165, 1.54) is 0 Å². The number of fused-ring (bicyclic) bond motifs is 1. The number of ether oxygens (including phenoxy) is 1. The highest BCUT2D eigenvalue weighted by molar-refractivity contribution is 5.92. The summed E-state index contributed by atoms with van der Waals surface area (Å²) in [6.45, 7) is 1.66. The van der Waals surface area contributed by atoms with Crippen LogP contribution in [0.1, 0.15) is 0 Å². The first-order valence-electron chi connectivity index (χ1n) is 6.49. The fraction of sp³-hybridized carbons (Fsp3) is 0.200. The molecule has 0 radical (unpaired) electrons. The summed E-state index contributed by atoms with van der Waals surface area (Å²) in [5.41, 5.74) is 0. The predicted molar refractivity (Wildman–Crippen MR) is 79.0 cm³/mol. The summed E-state index contributed by atoms with van der Waals surface area (Å²) in [7, 11) is 1.67. The molecule has 0 unspecified atom stereocenters. The quantitative estimate of drug-likeness (QED) is 0.772. The molecule has 0 saturated heterocycles. The van der Waals surface area contributed by atoms with Crippen molar-refractivity contribution in [3.05, 3.63) is 49.2 Å². The van der Waals surface area contributed by atoms with Crippen molar-refractivity contribution in [1.82, 2.24) is 14.5 Å². The second kappa shape index (κ2) is 5.61. The van der Waals surface area contributed by atoms with Gasteiger partial charge in [0.25, 0.3) is 0 Å². The first-order chi connectivity index (χ1) is 9.86. The largest absolute Gasteiger partial charge is 0.497 e. The maximum Gasteiger partial charge on any atom is 0.133 e. The van der Waals surface area contributed by atoms with Gasteiger partial charge in [0, 0.05) is 37.1 Å². The van der Waals surface area contributed by atoms with Crippen molar-refractivity contribution in [2.75, 3.05) is 19.0 Å². The number of aromatic nitrogens is 3. The average molecular weight is 268 g/mol. The molecule has 20 heavy (non-hydrogen) atoms. The van der Waals surface area contributed by atoms with E-state index in [0.29, 0.717) is 0 Å². The molecule has 0 bridgehead atoms. The van der Waals surface area contributed by atoms with Crippen LogP contribution in [0, 0.1) is 0 Å².